The second-order valence-corrected chi connectivity index (χ2v) is 15.9. The van der Waals surface area contributed by atoms with E-state index in [1.54, 1.807) is 17.8 Å². The molecule has 0 amide bonds. The lowest BCUT2D eigenvalue weighted by Gasteiger charge is -2.33. The molecule has 7 heteroatoms. The van der Waals surface area contributed by atoms with Crippen LogP contribution >= 0.6 is 36.0 Å². The van der Waals surface area contributed by atoms with E-state index in [0.717, 1.165) is 50.0 Å². The van der Waals surface area contributed by atoms with Crippen molar-refractivity contribution in [1.82, 2.24) is 0 Å². The van der Waals surface area contributed by atoms with Crippen molar-refractivity contribution >= 4 is 47.4 Å². The van der Waals surface area contributed by atoms with E-state index in [0.29, 0.717) is 24.0 Å². The Balaban J connectivity index is 1.43. The molecule has 0 aliphatic carbocycles. The molecule has 0 heterocycles. The molecule has 0 aromatic heterocycles. The lowest BCUT2D eigenvalue weighted by atomic mass is 9.77. The summed E-state index contributed by atoms with van der Waals surface area (Å²) in [5.74, 6) is 1.17. The van der Waals surface area contributed by atoms with Gasteiger partial charge in [0.25, 0.3) is 0 Å². The minimum atomic E-state index is -0.403. The maximum atomic E-state index is 11.1. The monoisotopic (exact) mass is 696 g/mol. The van der Waals surface area contributed by atoms with Gasteiger partial charge in [-0.2, -0.15) is 0 Å². The number of thiol groups is 1. The number of para-hydroxylation sites is 2. The first-order valence-corrected chi connectivity index (χ1v) is 18.0. The lowest BCUT2D eigenvalue weighted by Crippen LogP contribution is -2.32. The zero-order valence-corrected chi connectivity index (χ0v) is 30.8. The van der Waals surface area contributed by atoms with Crippen LogP contribution in [0.4, 0.5) is 11.4 Å². The molecule has 250 valence electrons. The third kappa shape index (κ3) is 9.04. The van der Waals surface area contributed by atoms with E-state index in [4.69, 9.17) is 11.6 Å². The molecule has 5 aromatic rings. The largest absolute Gasteiger partial charge is 0.508 e. The van der Waals surface area contributed by atoms with Gasteiger partial charge in [0.15, 0.2) is 0 Å². The first kappa shape index (κ1) is 35.6. The molecule has 0 aliphatic heterocycles. The van der Waals surface area contributed by atoms with Gasteiger partial charge in [0, 0.05) is 57.3 Å². The molecule has 4 nitrogen and oxygen atoms in total. The summed E-state index contributed by atoms with van der Waals surface area (Å²) in [6.07, 6.45) is 0. The Kier molecular flexibility index (Phi) is 11.3. The summed E-state index contributed by atoms with van der Waals surface area (Å²) in [5, 5.41) is 22.8. The number of aromatic hydroxyl groups is 2. The number of rotatable bonds is 12. The Bertz CT molecular complexity index is 1820. The van der Waals surface area contributed by atoms with Crippen molar-refractivity contribution in [3.05, 3.63) is 143 Å². The summed E-state index contributed by atoms with van der Waals surface area (Å²) in [5.41, 5.74) is 5.72. The number of thioether (sulfide) groups is 1. The number of halogens is 1. The molecule has 5 aromatic carbocycles. The summed E-state index contributed by atoms with van der Waals surface area (Å²) < 4.78 is 0. The maximum absolute atomic E-state index is 11.1. The fraction of sp³-hybridized carbons (Fsp3) is 0.268. The highest BCUT2D eigenvalue weighted by atomic mass is 35.5. The zero-order chi connectivity index (χ0) is 34.5. The van der Waals surface area contributed by atoms with Gasteiger partial charge < -0.3 is 20.0 Å². The quantitative estimate of drug-likeness (QED) is 0.0688. The van der Waals surface area contributed by atoms with Gasteiger partial charge in [-0.3, -0.25) is 0 Å². The zero-order valence-electron chi connectivity index (χ0n) is 28.3. The number of hydrogen-bond acceptors (Lipinski definition) is 6. The highest BCUT2D eigenvalue weighted by Gasteiger charge is 2.27. The Morgan fingerprint density at radius 1 is 0.646 bits per heavy atom. The average molecular weight is 697 g/mol. The molecule has 0 fully saturated rings. The van der Waals surface area contributed by atoms with Gasteiger partial charge in [-0.05, 0) is 83.3 Å². The van der Waals surface area contributed by atoms with E-state index in [1.165, 1.54) is 0 Å². The normalized spacial score (nSPS) is 11.8. The average Bonchev–Trinajstić information content (AvgIpc) is 3.06. The number of phenolic OH excluding ortho intramolecular Hbond substituents is 2. The Labute approximate surface area is 300 Å². The fourth-order valence-corrected chi connectivity index (χ4v) is 7.35. The molecular formula is C41H45ClN2O2S2. The van der Waals surface area contributed by atoms with Crippen LogP contribution in [-0.4, -0.2) is 22.6 Å². The van der Waals surface area contributed by atoms with Crippen molar-refractivity contribution in [2.75, 3.05) is 22.2 Å². The predicted octanol–water partition coefficient (Wildman–Crippen LogP) is 11.2. The molecule has 2 N–H and O–H groups in total. The standard InChI is InChI=1S/C41H45ClN2O2S2/c1-40(2,3)27-43(33-12-8-6-9-13-33)25-29-22-31(16-20-37(29)45)41(4,5)32-17-21-38(46)30(23-32)26-44(34-14-10-7-11-15-34)28-48-39-24-35(47)18-19-36(39)42/h6-24,45-47H,25-28H2,1-5H3. The van der Waals surface area contributed by atoms with Crippen molar-refractivity contribution in [1.29, 1.82) is 0 Å². The molecular weight excluding hydrogens is 652 g/mol. The summed E-state index contributed by atoms with van der Waals surface area (Å²) in [4.78, 5) is 6.39. The number of nitrogens with zero attached hydrogens (tertiary/aromatic N) is 2. The Morgan fingerprint density at radius 3 is 1.67 bits per heavy atom. The van der Waals surface area contributed by atoms with E-state index in [1.807, 2.05) is 60.7 Å². The van der Waals surface area contributed by atoms with E-state index < -0.39 is 5.41 Å². The van der Waals surface area contributed by atoms with Gasteiger partial charge in [-0.25, -0.2) is 0 Å². The highest BCUT2D eigenvalue weighted by Crippen LogP contribution is 2.38. The van der Waals surface area contributed by atoms with Gasteiger partial charge in [0.05, 0.1) is 10.9 Å². The SMILES string of the molecule is CC(C)(C)CN(Cc1cc(C(C)(C)c2ccc(O)c(CN(CSc3cc(S)ccc3Cl)c3ccccc3)c2)ccc1O)c1ccccc1. The summed E-state index contributed by atoms with van der Waals surface area (Å²) in [6.45, 7) is 13.0. The van der Waals surface area contributed by atoms with Gasteiger partial charge in [-0.1, -0.05) is 94.8 Å². The van der Waals surface area contributed by atoms with E-state index in [2.05, 4.69) is 106 Å². The number of benzene rings is 5. The van der Waals surface area contributed by atoms with E-state index >= 15 is 0 Å². The van der Waals surface area contributed by atoms with Gasteiger partial charge >= 0.3 is 0 Å². The van der Waals surface area contributed by atoms with Crippen LogP contribution in [0.5, 0.6) is 11.5 Å². The molecule has 5 rings (SSSR count). The second kappa shape index (κ2) is 15.2. The van der Waals surface area contributed by atoms with Crippen molar-refractivity contribution < 1.29 is 10.2 Å². The van der Waals surface area contributed by atoms with Crippen LogP contribution in [0.1, 0.15) is 56.9 Å². The summed E-state index contributed by atoms with van der Waals surface area (Å²) in [7, 11) is 0. The predicted molar refractivity (Wildman–Crippen MR) is 207 cm³/mol. The smallest absolute Gasteiger partial charge is 0.120 e. The Hall–Kier alpha value is -3.71. The molecule has 0 saturated carbocycles. The van der Waals surface area contributed by atoms with Crippen molar-refractivity contribution in [2.45, 2.75) is 62.9 Å². The Morgan fingerprint density at radius 2 is 1.15 bits per heavy atom. The first-order chi connectivity index (χ1) is 22.8. The number of phenols is 2. The molecule has 0 aliphatic rings. The van der Waals surface area contributed by atoms with Crippen LogP contribution < -0.4 is 9.80 Å². The molecule has 0 spiro atoms. The first-order valence-electron chi connectivity index (χ1n) is 16.2. The molecule has 48 heavy (non-hydrogen) atoms. The van der Waals surface area contributed by atoms with Gasteiger partial charge in [0.1, 0.15) is 11.5 Å². The van der Waals surface area contributed by atoms with Crippen LogP contribution in [0.2, 0.25) is 5.02 Å². The van der Waals surface area contributed by atoms with Crippen molar-refractivity contribution in [2.24, 2.45) is 5.41 Å². The summed E-state index contributed by atoms with van der Waals surface area (Å²) in [6, 6.07) is 38.2. The van der Waals surface area contributed by atoms with E-state index in [9.17, 15) is 10.2 Å². The van der Waals surface area contributed by atoms with Gasteiger partial charge in [0.2, 0.25) is 0 Å². The minimum Gasteiger partial charge on any atom is -0.508 e. The minimum absolute atomic E-state index is 0.0693. The van der Waals surface area contributed by atoms with Crippen molar-refractivity contribution in [3.8, 4) is 11.5 Å². The van der Waals surface area contributed by atoms with Crippen LogP contribution in [0.15, 0.2) is 125 Å². The van der Waals surface area contributed by atoms with Crippen LogP contribution in [-0.2, 0) is 18.5 Å². The third-order valence-corrected chi connectivity index (χ3v) is 10.3. The van der Waals surface area contributed by atoms with Crippen molar-refractivity contribution in [3.63, 3.8) is 0 Å². The van der Waals surface area contributed by atoms with E-state index in [-0.39, 0.29) is 16.9 Å². The third-order valence-electron chi connectivity index (χ3n) is 8.52. The van der Waals surface area contributed by atoms with Crippen LogP contribution in [0.25, 0.3) is 0 Å². The topological polar surface area (TPSA) is 46.9 Å². The fourth-order valence-electron chi connectivity index (χ4n) is 5.83. The maximum Gasteiger partial charge on any atom is 0.120 e. The van der Waals surface area contributed by atoms with Crippen LogP contribution in [0.3, 0.4) is 0 Å². The second-order valence-electron chi connectivity index (χ2n) is 14.0. The molecule has 0 atom stereocenters. The lowest BCUT2D eigenvalue weighted by molar-refractivity contribution is 0.405. The molecule has 0 radical (unpaired) electrons. The highest BCUT2D eigenvalue weighted by molar-refractivity contribution is 7.99. The molecule has 0 saturated heterocycles. The molecule has 0 bridgehead atoms. The van der Waals surface area contributed by atoms with Gasteiger partial charge in [-0.15, -0.1) is 24.4 Å². The number of hydrogen-bond donors (Lipinski definition) is 3. The van der Waals surface area contributed by atoms with Crippen LogP contribution in [0, 0.1) is 5.41 Å². The molecule has 0 unspecified atom stereocenters. The summed E-state index contributed by atoms with van der Waals surface area (Å²) >= 11 is 12.7. The number of anilines is 2.